The Hall–Kier alpha value is -0.650. The van der Waals surface area contributed by atoms with Crippen molar-refractivity contribution in [2.24, 2.45) is 5.41 Å². The lowest BCUT2D eigenvalue weighted by Gasteiger charge is -2.20. The lowest BCUT2D eigenvalue weighted by molar-refractivity contribution is -0.134. The van der Waals surface area contributed by atoms with Crippen LogP contribution in [0.4, 0.5) is 0 Å². The lowest BCUT2D eigenvalue weighted by atomic mass is 9.95. The molecule has 0 aromatic heterocycles. The van der Waals surface area contributed by atoms with Gasteiger partial charge in [-0.1, -0.05) is 6.92 Å². The highest BCUT2D eigenvalue weighted by atomic mass is 16.4. The van der Waals surface area contributed by atoms with E-state index in [1.54, 1.807) is 6.92 Å². The van der Waals surface area contributed by atoms with E-state index in [2.05, 4.69) is 0 Å². The minimum absolute atomic E-state index is 0.181. The van der Waals surface area contributed by atoms with Crippen molar-refractivity contribution in [2.45, 2.75) is 13.8 Å². The number of hydrogen-bond donors (Lipinski definition) is 4. The average molecular weight is 180 g/mol. The molecule has 0 aliphatic carbocycles. The van der Waals surface area contributed by atoms with Crippen molar-refractivity contribution in [3.05, 3.63) is 0 Å². The molecule has 0 aliphatic rings. The van der Waals surface area contributed by atoms with Gasteiger partial charge in [-0.05, 0) is 0 Å². The number of carbonyl (C=O) groups is 1. The van der Waals surface area contributed by atoms with Gasteiger partial charge in [-0.3, -0.25) is 4.79 Å². The van der Waals surface area contributed by atoms with Gasteiger partial charge >= 0.3 is 0 Å². The number of hydrogen-bond acceptors (Lipinski definition) is 4. The molecular formula is C7H16O5. The fourth-order valence-electron chi connectivity index (χ4n) is 0.150. The van der Waals surface area contributed by atoms with E-state index in [4.69, 9.17) is 25.2 Å². The molecule has 0 aliphatic heterocycles. The molecule has 0 saturated heterocycles. The summed E-state index contributed by atoms with van der Waals surface area (Å²) in [6, 6.07) is 0. The van der Waals surface area contributed by atoms with Gasteiger partial charge in [-0.2, -0.15) is 0 Å². The minimum Gasteiger partial charge on any atom is -0.481 e. The molecule has 12 heavy (non-hydrogen) atoms. The van der Waals surface area contributed by atoms with E-state index < -0.39 is 11.4 Å². The van der Waals surface area contributed by atoms with Crippen LogP contribution in [-0.2, 0) is 4.79 Å². The van der Waals surface area contributed by atoms with Gasteiger partial charge in [0.1, 0.15) is 0 Å². The van der Waals surface area contributed by atoms with Gasteiger partial charge in [0.2, 0.25) is 0 Å². The zero-order valence-electron chi connectivity index (χ0n) is 7.32. The maximum absolute atomic E-state index is 9.00. The van der Waals surface area contributed by atoms with E-state index in [9.17, 15) is 0 Å². The second-order valence-electron chi connectivity index (χ2n) is 2.80. The van der Waals surface area contributed by atoms with Crippen LogP contribution in [0.2, 0.25) is 0 Å². The van der Waals surface area contributed by atoms with E-state index in [-0.39, 0.29) is 19.8 Å². The van der Waals surface area contributed by atoms with Crippen LogP contribution >= 0.6 is 0 Å². The fraction of sp³-hybridized carbons (Fsp3) is 0.857. The first-order valence-corrected chi connectivity index (χ1v) is 3.44. The molecule has 0 atom stereocenters. The van der Waals surface area contributed by atoms with E-state index >= 15 is 0 Å². The largest absolute Gasteiger partial charge is 0.481 e. The zero-order chi connectivity index (χ0) is 10.2. The Balaban J connectivity index is 0. The smallest absolute Gasteiger partial charge is 0.300 e. The molecule has 74 valence electrons. The van der Waals surface area contributed by atoms with Gasteiger partial charge in [0.05, 0.1) is 19.8 Å². The van der Waals surface area contributed by atoms with Gasteiger partial charge in [0.15, 0.2) is 0 Å². The molecule has 0 rings (SSSR count). The molecular weight excluding hydrogens is 164 g/mol. The van der Waals surface area contributed by atoms with E-state index in [1.807, 2.05) is 0 Å². The molecule has 4 N–H and O–H groups in total. The molecule has 5 heteroatoms. The Morgan fingerprint density at radius 1 is 1.17 bits per heavy atom. The van der Waals surface area contributed by atoms with Crippen LogP contribution in [0.3, 0.4) is 0 Å². The summed E-state index contributed by atoms with van der Waals surface area (Å²) in [6.07, 6.45) is 0. The van der Waals surface area contributed by atoms with Crippen molar-refractivity contribution in [2.75, 3.05) is 19.8 Å². The van der Waals surface area contributed by atoms with Gasteiger partial charge < -0.3 is 20.4 Å². The summed E-state index contributed by atoms with van der Waals surface area (Å²) >= 11 is 0. The fourth-order valence-corrected chi connectivity index (χ4v) is 0.150. The van der Waals surface area contributed by atoms with Gasteiger partial charge in [0, 0.05) is 12.3 Å². The first-order valence-electron chi connectivity index (χ1n) is 3.44. The molecule has 0 heterocycles. The number of carboxylic acids is 1. The van der Waals surface area contributed by atoms with Crippen LogP contribution in [0.25, 0.3) is 0 Å². The summed E-state index contributed by atoms with van der Waals surface area (Å²) < 4.78 is 0. The Labute approximate surface area is 71.3 Å². The van der Waals surface area contributed by atoms with Crippen LogP contribution in [0.1, 0.15) is 13.8 Å². The van der Waals surface area contributed by atoms with Crippen molar-refractivity contribution in [3.8, 4) is 0 Å². The average Bonchev–Trinajstić information content (AvgIpc) is 2.02. The maximum Gasteiger partial charge on any atom is 0.300 e. The first kappa shape index (κ1) is 13.9. The predicted octanol–water partition coefficient (Wildman–Crippen LogP) is -0.940. The SMILES string of the molecule is CC(=O)O.CC(CO)(CO)CO. The molecule has 0 radical (unpaired) electrons. The molecule has 0 amide bonds. The van der Waals surface area contributed by atoms with Crippen molar-refractivity contribution in [1.82, 2.24) is 0 Å². The highest BCUT2D eigenvalue weighted by molar-refractivity contribution is 5.62. The molecule has 0 saturated carbocycles. The molecule has 5 nitrogen and oxygen atoms in total. The number of carboxylic acid groups (broad SMARTS) is 1. The van der Waals surface area contributed by atoms with Crippen LogP contribution < -0.4 is 0 Å². The van der Waals surface area contributed by atoms with Crippen molar-refractivity contribution in [3.63, 3.8) is 0 Å². The number of rotatable bonds is 3. The topological polar surface area (TPSA) is 98.0 Å². The Morgan fingerprint density at radius 2 is 1.33 bits per heavy atom. The summed E-state index contributed by atoms with van der Waals surface area (Å²) in [5.41, 5.74) is -0.708. The summed E-state index contributed by atoms with van der Waals surface area (Å²) in [5.74, 6) is -0.833. The monoisotopic (exact) mass is 180 g/mol. The first-order chi connectivity index (χ1) is 5.41. The summed E-state index contributed by atoms with van der Waals surface area (Å²) in [4.78, 5) is 9.00. The van der Waals surface area contributed by atoms with Gasteiger partial charge in [-0.25, -0.2) is 0 Å². The zero-order valence-corrected chi connectivity index (χ0v) is 7.32. The van der Waals surface area contributed by atoms with Gasteiger partial charge in [-0.15, -0.1) is 0 Å². The predicted molar refractivity (Wildman–Crippen MR) is 42.7 cm³/mol. The van der Waals surface area contributed by atoms with Crippen molar-refractivity contribution in [1.29, 1.82) is 0 Å². The van der Waals surface area contributed by atoms with Crippen molar-refractivity contribution >= 4 is 5.97 Å². The third-order valence-electron chi connectivity index (χ3n) is 1.15. The Bertz CT molecular complexity index is 107. The molecule has 0 bridgehead atoms. The third kappa shape index (κ3) is 9.35. The second kappa shape index (κ2) is 7.02. The summed E-state index contributed by atoms with van der Waals surface area (Å²) in [5, 5.41) is 32.8. The van der Waals surface area contributed by atoms with Crippen LogP contribution in [0.15, 0.2) is 0 Å². The lowest BCUT2D eigenvalue weighted by Crippen LogP contribution is -2.29. The summed E-state index contributed by atoms with van der Waals surface area (Å²) in [6.45, 7) is 2.15. The highest BCUT2D eigenvalue weighted by Crippen LogP contribution is 2.10. The van der Waals surface area contributed by atoms with Crippen molar-refractivity contribution < 1.29 is 25.2 Å². The quantitative estimate of drug-likeness (QED) is 0.449. The Kier molecular flexibility index (Phi) is 8.14. The second-order valence-corrected chi connectivity index (χ2v) is 2.80. The Morgan fingerprint density at radius 3 is 1.33 bits per heavy atom. The number of aliphatic carboxylic acids is 1. The number of aliphatic hydroxyl groups excluding tert-OH is 3. The van der Waals surface area contributed by atoms with Crippen LogP contribution in [0.5, 0.6) is 0 Å². The minimum atomic E-state index is -0.833. The number of aliphatic hydroxyl groups is 3. The molecule has 0 aromatic carbocycles. The summed E-state index contributed by atoms with van der Waals surface area (Å²) in [7, 11) is 0. The highest BCUT2D eigenvalue weighted by Gasteiger charge is 2.20. The standard InChI is InChI=1S/C5H12O3.C2H4O2/c1-5(2-6,3-7)4-8;1-2(3)4/h6-8H,2-4H2,1H3;1H3,(H,3,4). The van der Waals surface area contributed by atoms with E-state index in [0.29, 0.717) is 0 Å². The van der Waals surface area contributed by atoms with E-state index in [0.717, 1.165) is 6.92 Å². The third-order valence-corrected chi connectivity index (χ3v) is 1.15. The van der Waals surface area contributed by atoms with Crippen LogP contribution in [-0.4, -0.2) is 46.2 Å². The molecule has 0 fully saturated rings. The molecule has 0 spiro atoms. The van der Waals surface area contributed by atoms with E-state index in [1.165, 1.54) is 0 Å². The normalized spacial score (nSPS) is 10.1. The van der Waals surface area contributed by atoms with Crippen LogP contribution in [0, 0.1) is 5.41 Å². The van der Waals surface area contributed by atoms with Gasteiger partial charge in [0.25, 0.3) is 5.97 Å². The molecule has 0 unspecified atom stereocenters. The maximum atomic E-state index is 9.00. The molecule has 0 aromatic rings.